The van der Waals surface area contributed by atoms with E-state index in [9.17, 15) is 0 Å². The Balaban J connectivity index is 2.25. The van der Waals surface area contributed by atoms with Gasteiger partial charge in [-0.3, -0.25) is 0 Å². The third kappa shape index (κ3) is 5.90. The molecule has 112 valence electrons. The van der Waals surface area contributed by atoms with Crippen LogP contribution in [0.1, 0.15) is 19.4 Å². The molecule has 6 heteroatoms. The van der Waals surface area contributed by atoms with Crippen LogP contribution in [0.2, 0.25) is 0 Å². The summed E-state index contributed by atoms with van der Waals surface area (Å²) in [7, 11) is 0. The van der Waals surface area contributed by atoms with E-state index in [0.717, 1.165) is 18.9 Å². The minimum atomic E-state index is 0.0861. The topological polar surface area (TPSA) is 89.1 Å². The van der Waals surface area contributed by atoms with Gasteiger partial charge in [-0.25, -0.2) is 0 Å². The van der Waals surface area contributed by atoms with Crippen molar-refractivity contribution in [1.29, 1.82) is 0 Å². The van der Waals surface area contributed by atoms with Gasteiger partial charge in [0.2, 0.25) is 0 Å². The first kappa shape index (κ1) is 16.3. The SMILES string of the molecule is CCOCC(C)NCCOc1ccc(C(N)=NO)cc1. The number of hydrogen-bond acceptors (Lipinski definition) is 5. The smallest absolute Gasteiger partial charge is 0.170 e. The number of hydrogen-bond donors (Lipinski definition) is 3. The summed E-state index contributed by atoms with van der Waals surface area (Å²) in [5, 5.41) is 14.8. The van der Waals surface area contributed by atoms with Crippen LogP contribution in [0.5, 0.6) is 5.75 Å². The molecule has 0 aromatic heterocycles. The second-order valence-electron chi connectivity index (χ2n) is 4.37. The molecule has 0 aliphatic carbocycles. The standard InChI is InChI=1S/C14H23N3O3/c1-3-19-10-11(2)16-8-9-20-13-6-4-12(5-7-13)14(15)17-18/h4-7,11,16,18H,3,8-10H2,1-2H3,(H2,15,17). The van der Waals surface area contributed by atoms with Crippen molar-refractivity contribution in [3.05, 3.63) is 29.8 Å². The van der Waals surface area contributed by atoms with E-state index in [1.54, 1.807) is 24.3 Å². The quantitative estimate of drug-likeness (QED) is 0.208. The molecular weight excluding hydrogens is 258 g/mol. The molecule has 4 N–H and O–H groups in total. The van der Waals surface area contributed by atoms with Crippen molar-refractivity contribution >= 4 is 5.84 Å². The summed E-state index contributed by atoms with van der Waals surface area (Å²) in [6, 6.07) is 7.38. The van der Waals surface area contributed by atoms with Crippen LogP contribution in [-0.2, 0) is 4.74 Å². The number of benzene rings is 1. The molecule has 0 radical (unpaired) electrons. The van der Waals surface area contributed by atoms with E-state index in [4.69, 9.17) is 20.4 Å². The van der Waals surface area contributed by atoms with Crippen LogP contribution in [0.25, 0.3) is 0 Å². The molecule has 0 spiro atoms. The Labute approximate surface area is 119 Å². The van der Waals surface area contributed by atoms with E-state index in [1.165, 1.54) is 0 Å². The average molecular weight is 281 g/mol. The summed E-state index contributed by atoms with van der Waals surface area (Å²) in [6.07, 6.45) is 0. The highest BCUT2D eigenvalue weighted by molar-refractivity contribution is 5.97. The van der Waals surface area contributed by atoms with Crippen LogP contribution < -0.4 is 15.8 Å². The lowest BCUT2D eigenvalue weighted by molar-refractivity contribution is 0.126. The number of nitrogens with one attached hydrogen (secondary N) is 1. The zero-order valence-corrected chi connectivity index (χ0v) is 12.0. The van der Waals surface area contributed by atoms with Crippen molar-refractivity contribution in [1.82, 2.24) is 5.32 Å². The summed E-state index contributed by atoms with van der Waals surface area (Å²) in [5.41, 5.74) is 6.13. The molecule has 20 heavy (non-hydrogen) atoms. The van der Waals surface area contributed by atoms with Gasteiger partial charge in [0.25, 0.3) is 0 Å². The molecule has 0 bridgehead atoms. The van der Waals surface area contributed by atoms with Gasteiger partial charge in [0.05, 0.1) is 6.61 Å². The molecule has 0 heterocycles. The van der Waals surface area contributed by atoms with Crippen molar-refractivity contribution in [3.8, 4) is 5.75 Å². The second kappa shape index (κ2) is 9.17. The minimum absolute atomic E-state index is 0.0861. The van der Waals surface area contributed by atoms with Crippen LogP contribution in [-0.4, -0.2) is 43.5 Å². The highest BCUT2D eigenvalue weighted by atomic mass is 16.5. The van der Waals surface area contributed by atoms with Crippen molar-refractivity contribution < 1.29 is 14.7 Å². The number of ether oxygens (including phenoxy) is 2. The van der Waals surface area contributed by atoms with Gasteiger partial charge in [-0.2, -0.15) is 0 Å². The van der Waals surface area contributed by atoms with Crippen molar-refractivity contribution in [2.75, 3.05) is 26.4 Å². The Kier molecular flexibility index (Phi) is 7.46. The highest BCUT2D eigenvalue weighted by Gasteiger charge is 2.02. The molecule has 1 unspecified atom stereocenters. The Hall–Kier alpha value is -1.79. The highest BCUT2D eigenvalue weighted by Crippen LogP contribution is 2.11. The lowest BCUT2D eigenvalue weighted by atomic mass is 10.2. The van der Waals surface area contributed by atoms with Gasteiger partial charge in [0.15, 0.2) is 5.84 Å². The molecule has 6 nitrogen and oxygen atoms in total. The van der Waals surface area contributed by atoms with E-state index in [-0.39, 0.29) is 5.84 Å². The van der Waals surface area contributed by atoms with E-state index < -0.39 is 0 Å². The summed E-state index contributed by atoms with van der Waals surface area (Å²) in [4.78, 5) is 0. The van der Waals surface area contributed by atoms with Crippen LogP contribution in [0.15, 0.2) is 29.4 Å². The number of amidine groups is 1. The van der Waals surface area contributed by atoms with Crippen LogP contribution >= 0.6 is 0 Å². The molecule has 0 aliphatic heterocycles. The normalized spacial score (nSPS) is 13.2. The number of nitrogens with zero attached hydrogens (tertiary/aromatic N) is 1. The van der Waals surface area contributed by atoms with Gasteiger partial charge in [-0.15, -0.1) is 0 Å². The maximum Gasteiger partial charge on any atom is 0.170 e. The predicted molar refractivity (Wildman–Crippen MR) is 78.4 cm³/mol. The minimum Gasteiger partial charge on any atom is -0.492 e. The second-order valence-corrected chi connectivity index (χ2v) is 4.37. The van der Waals surface area contributed by atoms with Gasteiger partial charge in [0.1, 0.15) is 12.4 Å². The fourth-order valence-corrected chi connectivity index (χ4v) is 1.61. The zero-order chi connectivity index (χ0) is 14.8. The van der Waals surface area contributed by atoms with E-state index >= 15 is 0 Å². The molecule has 0 saturated carbocycles. The molecule has 0 aliphatic rings. The molecule has 1 aromatic carbocycles. The monoisotopic (exact) mass is 281 g/mol. The van der Waals surface area contributed by atoms with Gasteiger partial charge < -0.3 is 25.7 Å². The third-order valence-electron chi connectivity index (χ3n) is 2.69. The van der Waals surface area contributed by atoms with Gasteiger partial charge in [-0.1, -0.05) is 5.16 Å². The Morgan fingerprint density at radius 1 is 1.40 bits per heavy atom. The number of nitrogens with two attached hydrogens (primary N) is 1. The molecule has 1 atom stereocenters. The third-order valence-corrected chi connectivity index (χ3v) is 2.69. The van der Waals surface area contributed by atoms with Crippen molar-refractivity contribution in [2.24, 2.45) is 10.9 Å². The van der Waals surface area contributed by atoms with Crippen molar-refractivity contribution in [2.45, 2.75) is 19.9 Å². The maximum absolute atomic E-state index is 8.56. The predicted octanol–water partition coefficient (Wildman–Crippen LogP) is 1.17. The first-order valence-corrected chi connectivity index (χ1v) is 6.69. The fraction of sp³-hybridized carbons (Fsp3) is 0.500. The molecule has 0 saturated heterocycles. The summed E-state index contributed by atoms with van der Waals surface area (Å²) >= 11 is 0. The lowest BCUT2D eigenvalue weighted by Gasteiger charge is -2.14. The summed E-state index contributed by atoms with van der Waals surface area (Å²) in [5.74, 6) is 0.835. The van der Waals surface area contributed by atoms with Crippen molar-refractivity contribution in [3.63, 3.8) is 0 Å². The Morgan fingerprint density at radius 2 is 2.10 bits per heavy atom. The molecule has 0 amide bonds. The largest absolute Gasteiger partial charge is 0.492 e. The van der Waals surface area contributed by atoms with E-state index in [0.29, 0.717) is 24.8 Å². The first-order valence-electron chi connectivity index (χ1n) is 6.69. The van der Waals surface area contributed by atoms with Gasteiger partial charge >= 0.3 is 0 Å². The van der Waals surface area contributed by atoms with Gasteiger partial charge in [-0.05, 0) is 38.1 Å². The van der Waals surface area contributed by atoms with Crippen LogP contribution in [0.3, 0.4) is 0 Å². The number of rotatable bonds is 9. The lowest BCUT2D eigenvalue weighted by Crippen LogP contribution is -2.33. The maximum atomic E-state index is 8.56. The Bertz CT molecular complexity index is 407. The van der Waals surface area contributed by atoms with Crippen LogP contribution in [0.4, 0.5) is 0 Å². The molecule has 0 fully saturated rings. The molecule has 1 aromatic rings. The molecule has 1 rings (SSSR count). The first-order chi connectivity index (χ1) is 9.67. The van der Waals surface area contributed by atoms with E-state index in [1.807, 2.05) is 6.92 Å². The average Bonchev–Trinajstić information content (AvgIpc) is 2.49. The van der Waals surface area contributed by atoms with E-state index in [2.05, 4.69) is 17.4 Å². The van der Waals surface area contributed by atoms with Gasteiger partial charge in [0, 0.05) is 24.8 Å². The fourth-order valence-electron chi connectivity index (χ4n) is 1.61. The Morgan fingerprint density at radius 3 is 2.70 bits per heavy atom. The van der Waals surface area contributed by atoms with Crippen LogP contribution in [0, 0.1) is 0 Å². The number of oxime groups is 1. The summed E-state index contributed by atoms with van der Waals surface area (Å²) < 4.78 is 10.9. The summed E-state index contributed by atoms with van der Waals surface area (Å²) in [6.45, 7) is 6.80. The molecular formula is C14H23N3O3. The zero-order valence-electron chi connectivity index (χ0n) is 12.0.